The van der Waals surface area contributed by atoms with Gasteiger partial charge in [0.25, 0.3) is 0 Å². The second-order valence-electron chi connectivity index (χ2n) is 2.68. The fraction of sp³-hybridized carbons (Fsp3) is 0.714. The fourth-order valence-electron chi connectivity index (χ4n) is 0.964. The van der Waals surface area contributed by atoms with Crippen LogP contribution in [0.4, 0.5) is 0 Å². The van der Waals surface area contributed by atoms with E-state index in [0.717, 1.165) is 24.9 Å². The zero-order valence-corrected chi connectivity index (χ0v) is 9.20. The molecule has 0 aliphatic carbocycles. The van der Waals surface area contributed by atoms with E-state index in [1.807, 2.05) is 5.01 Å². The maximum atomic E-state index is 10.3. The summed E-state index contributed by atoms with van der Waals surface area (Å²) >= 11 is 6.08. The average molecular weight is 236 g/mol. The van der Waals surface area contributed by atoms with Crippen LogP contribution < -0.4 is 5.43 Å². The Morgan fingerprint density at radius 2 is 2.21 bits per heavy atom. The molecular weight excluding hydrogens is 224 g/mol. The Morgan fingerprint density at radius 3 is 2.79 bits per heavy atom. The molecule has 1 fully saturated rings. The van der Waals surface area contributed by atoms with Crippen molar-refractivity contribution in [3.8, 4) is 0 Å². The van der Waals surface area contributed by atoms with E-state index < -0.39 is 5.97 Å². The van der Waals surface area contributed by atoms with Crippen molar-refractivity contribution >= 4 is 34.3 Å². The molecule has 0 radical (unpaired) electrons. The lowest BCUT2D eigenvalue weighted by molar-refractivity contribution is -0.133. The standard InChI is InChI=1S/C7H12N2O3S2/c10-6(11)5-14-7(13)8-9-1-3-12-4-2-9/h1-5H2,(H,8,13)(H,10,11). The van der Waals surface area contributed by atoms with Crippen molar-refractivity contribution in [2.45, 2.75) is 0 Å². The number of thioether (sulfide) groups is 1. The molecule has 0 aromatic carbocycles. The number of carboxylic acid groups (broad SMARTS) is 1. The van der Waals surface area contributed by atoms with Crippen LogP contribution in [-0.2, 0) is 9.53 Å². The van der Waals surface area contributed by atoms with Crippen LogP contribution in [-0.4, -0.2) is 52.5 Å². The maximum Gasteiger partial charge on any atom is 0.313 e. The van der Waals surface area contributed by atoms with Crippen molar-refractivity contribution in [3.63, 3.8) is 0 Å². The Bertz CT molecular complexity index is 219. The molecule has 14 heavy (non-hydrogen) atoms. The molecule has 1 heterocycles. The largest absolute Gasteiger partial charge is 0.481 e. The third-order valence-electron chi connectivity index (χ3n) is 1.59. The predicted molar refractivity (Wildman–Crippen MR) is 58.2 cm³/mol. The van der Waals surface area contributed by atoms with E-state index in [4.69, 9.17) is 22.1 Å². The zero-order chi connectivity index (χ0) is 10.4. The summed E-state index contributed by atoms with van der Waals surface area (Å²) in [4.78, 5) is 10.3. The molecule has 1 rings (SSSR count). The summed E-state index contributed by atoms with van der Waals surface area (Å²) in [5.41, 5.74) is 2.96. The normalized spacial score (nSPS) is 17.7. The first-order chi connectivity index (χ1) is 6.68. The van der Waals surface area contributed by atoms with Crippen LogP contribution in [0.1, 0.15) is 0 Å². The lowest BCUT2D eigenvalue weighted by atomic mass is 10.5. The predicted octanol–water partition coefficient (Wildman–Crippen LogP) is -0.0741. The van der Waals surface area contributed by atoms with Crippen molar-refractivity contribution in [2.24, 2.45) is 0 Å². The van der Waals surface area contributed by atoms with E-state index in [0.29, 0.717) is 17.5 Å². The van der Waals surface area contributed by atoms with Crippen LogP contribution in [0, 0.1) is 0 Å². The number of hydrogen-bond acceptors (Lipinski definition) is 5. The lowest BCUT2D eigenvalue weighted by Crippen LogP contribution is -2.47. The minimum atomic E-state index is -0.860. The van der Waals surface area contributed by atoms with Gasteiger partial charge < -0.3 is 15.3 Å². The summed E-state index contributed by atoms with van der Waals surface area (Å²) < 4.78 is 5.65. The summed E-state index contributed by atoms with van der Waals surface area (Å²) in [6.45, 7) is 2.90. The second-order valence-corrected chi connectivity index (χ2v) is 4.33. The van der Waals surface area contributed by atoms with E-state index in [2.05, 4.69) is 5.43 Å². The zero-order valence-electron chi connectivity index (χ0n) is 7.56. The van der Waals surface area contributed by atoms with Crippen LogP contribution in [0.15, 0.2) is 0 Å². The molecule has 0 aromatic heterocycles. The van der Waals surface area contributed by atoms with Gasteiger partial charge in [-0.05, 0) is 0 Å². The van der Waals surface area contributed by atoms with Gasteiger partial charge in [0.1, 0.15) is 4.32 Å². The van der Waals surface area contributed by atoms with Gasteiger partial charge in [-0.2, -0.15) is 0 Å². The van der Waals surface area contributed by atoms with Gasteiger partial charge in [0.05, 0.1) is 19.0 Å². The smallest absolute Gasteiger partial charge is 0.313 e. The number of thiocarbonyl (C=S) groups is 1. The number of nitrogens with zero attached hydrogens (tertiary/aromatic N) is 1. The van der Waals surface area contributed by atoms with Gasteiger partial charge in [0, 0.05) is 13.1 Å². The highest BCUT2D eigenvalue weighted by molar-refractivity contribution is 8.23. The highest BCUT2D eigenvalue weighted by atomic mass is 32.2. The van der Waals surface area contributed by atoms with Crippen molar-refractivity contribution < 1.29 is 14.6 Å². The van der Waals surface area contributed by atoms with E-state index >= 15 is 0 Å². The van der Waals surface area contributed by atoms with Gasteiger partial charge in [-0.25, -0.2) is 5.01 Å². The summed E-state index contributed by atoms with van der Waals surface area (Å²) in [5.74, 6) is -0.864. The van der Waals surface area contributed by atoms with Gasteiger partial charge in [-0.3, -0.25) is 4.79 Å². The first-order valence-corrected chi connectivity index (χ1v) is 5.56. The Kier molecular flexibility index (Phi) is 5.16. The van der Waals surface area contributed by atoms with Crippen molar-refractivity contribution in [2.75, 3.05) is 32.1 Å². The number of carboxylic acids is 1. The number of hydrazine groups is 1. The van der Waals surface area contributed by atoms with Gasteiger partial charge in [-0.1, -0.05) is 24.0 Å². The number of rotatable bonds is 3. The molecule has 0 amide bonds. The SMILES string of the molecule is O=C(O)CSC(=S)NN1CCOCC1. The van der Waals surface area contributed by atoms with Crippen LogP contribution in [0.3, 0.4) is 0 Å². The van der Waals surface area contributed by atoms with Gasteiger partial charge in [0.15, 0.2) is 0 Å². The first kappa shape index (κ1) is 11.7. The van der Waals surface area contributed by atoms with E-state index in [9.17, 15) is 4.79 Å². The van der Waals surface area contributed by atoms with Crippen LogP contribution in [0.25, 0.3) is 0 Å². The Labute approximate surface area is 91.8 Å². The Balaban J connectivity index is 2.15. The molecular formula is C7H12N2O3S2. The molecule has 5 nitrogen and oxygen atoms in total. The quantitative estimate of drug-likeness (QED) is 0.665. The monoisotopic (exact) mass is 236 g/mol. The number of morpholine rings is 1. The van der Waals surface area contributed by atoms with Crippen LogP contribution in [0.5, 0.6) is 0 Å². The van der Waals surface area contributed by atoms with E-state index in [1.54, 1.807) is 0 Å². The Morgan fingerprint density at radius 1 is 1.57 bits per heavy atom. The molecule has 2 N–H and O–H groups in total. The number of aliphatic carboxylic acids is 1. The summed E-state index contributed by atoms with van der Waals surface area (Å²) in [5, 5.41) is 10.4. The van der Waals surface area contributed by atoms with Crippen LogP contribution in [0.2, 0.25) is 0 Å². The first-order valence-electron chi connectivity index (χ1n) is 4.16. The molecule has 0 atom stereocenters. The molecule has 1 aliphatic rings. The number of nitrogens with one attached hydrogen (secondary N) is 1. The molecule has 0 bridgehead atoms. The average Bonchev–Trinajstić information content (AvgIpc) is 2.16. The second kappa shape index (κ2) is 6.18. The minimum absolute atomic E-state index is 0.00380. The molecule has 1 saturated heterocycles. The van der Waals surface area contributed by atoms with E-state index in [1.165, 1.54) is 0 Å². The number of ether oxygens (including phenoxy) is 1. The Hall–Kier alpha value is -0.370. The fourth-order valence-corrected chi connectivity index (χ4v) is 1.72. The highest BCUT2D eigenvalue weighted by Gasteiger charge is 2.11. The topological polar surface area (TPSA) is 61.8 Å². The molecule has 0 unspecified atom stereocenters. The summed E-state index contributed by atoms with van der Waals surface area (Å²) in [6, 6.07) is 0. The van der Waals surface area contributed by atoms with Crippen molar-refractivity contribution in [3.05, 3.63) is 0 Å². The summed E-state index contributed by atoms with van der Waals surface area (Å²) in [7, 11) is 0. The van der Waals surface area contributed by atoms with Gasteiger partial charge in [0.2, 0.25) is 0 Å². The molecule has 80 valence electrons. The maximum absolute atomic E-state index is 10.3. The number of hydrogen-bond donors (Lipinski definition) is 2. The summed E-state index contributed by atoms with van der Waals surface area (Å²) in [6.07, 6.45) is 0. The molecule has 0 spiro atoms. The van der Waals surface area contributed by atoms with Gasteiger partial charge >= 0.3 is 5.97 Å². The van der Waals surface area contributed by atoms with Crippen molar-refractivity contribution in [1.82, 2.24) is 10.4 Å². The lowest BCUT2D eigenvalue weighted by Gasteiger charge is -2.27. The minimum Gasteiger partial charge on any atom is -0.481 e. The number of carbonyl (C=O) groups is 1. The molecule has 7 heteroatoms. The molecule has 0 saturated carbocycles. The highest BCUT2D eigenvalue weighted by Crippen LogP contribution is 2.03. The van der Waals surface area contributed by atoms with E-state index in [-0.39, 0.29) is 5.75 Å². The third-order valence-corrected chi connectivity index (χ3v) is 2.78. The van der Waals surface area contributed by atoms with Crippen molar-refractivity contribution in [1.29, 1.82) is 0 Å². The van der Waals surface area contributed by atoms with Crippen LogP contribution >= 0.6 is 24.0 Å². The third kappa shape index (κ3) is 4.75. The molecule has 0 aromatic rings. The van der Waals surface area contributed by atoms with Gasteiger partial charge in [-0.15, -0.1) is 0 Å². The molecule has 1 aliphatic heterocycles.